The summed E-state index contributed by atoms with van der Waals surface area (Å²) in [6.07, 6.45) is 1.83. The summed E-state index contributed by atoms with van der Waals surface area (Å²) >= 11 is 1.63. The van der Waals surface area contributed by atoms with Gasteiger partial charge in [-0.3, -0.25) is 0 Å². The molecule has 106 valence electrons. The molecule has 2 heterocycles. The van der Waals surface area contributed by atoms with Gasteiger partial charge in [0.2, 0.25) is 10.0 Å². The maximum absolute atomic E-state index is 12.8. The molecule has 1 aliphatic rings. The molecule has 0 unspecified atom stereocenters. The molecule has 1 fully saturated rings. The number of benzene rings is 1. The number of sulfonamides is 1. The first-order valence-corrected chi connectivity index (χ1v) is 9.03. The van der Waals surface area contributed by atoms with E-state index in [4.69, 9.17) is 0 Å². The van der Waals surface area contributed by atoms with Crippen molar-refractivity contribution in [3.05, 3.63) is 52.2 Å². The van der Waals surface area contributed by atoms with Crippen molar-refractivity contribution in [1.29, 1.82) is 0 Å². The predicted molar refractivity (Wildman–Crippen MR) is 81.4 cm³/mol. The lowest BCUT2D eigenvalue weighted by atomic mass is 10.2. The lowest BCUT2D eigenvalue weighted by Gasteiger charge is -2.23. The normalized spacial score (nSPS) is 20.4. The number of rotatable bonds is 3. The zero-order valence-electron chi connectivity index (χ0n) is 11.3. The van der Waals surface area contributed by atoms with Gasteiger partial charge in [0.1, 0.15) is 0 Å². The first-order valence-electron chi connectivity index (χ1n) is 6.71. The highest BCUT2D eigenvalue weighted by Crippen LogP contribution is 2.38. The van der Waals surface area contributed by atoms with Gasteiger partial charge in [-0.05, 0) is 43.3 Å². The van der Waals surface area contributed by atoms with Crippen LogP contribution in [0.15, 0.2) is 46.7 Å². The number of thiophene rings is 1. The summed E-state index contributed by atoms with van der Waals surface area (Å²) in [6, 6.07) is 11.1. The summed E-state index contributed by atoms with van der Waals surface area (Å²) in [5, 5.41) is 2.00. The van der Waals surface area contributed by atoms with Crippen molar-refractivity contribution < 1.29 is 8.42 Å². The molecule has 0 aliphatic carbocycles. The maximum Gasteiger partial charge on any atom is 0.243 e. The van der Waals surface area contributed by atoms with Crippen molar-refractivity contribution in [1.82, 2.24) is 4.31 Å². The van der Waals surface area contributed by atoms with Gasteiger partial charge in [-0.1, -0.05) is 23.8 Å². The average molecular weight is 307 g/mol. The van der Waals surface area contributed by atoms with Gasteiger partial charge in [0.15, 0.2) is 0 Å². The van der Waals surface area contributed by atoms with Crippen LogP contribution in [0.5, 0.6) is 0 Å². The third-order valence-electron chi connectivity index (χ3n) is 3.70. The SMILES string of the molecule is Cc1ccc(S(=O)(=O)N2CCC[C@@H]2c2cccs2)cc1. The smallest absolute Gasteiger partial charge is 0.207 e. The van der Waals surface area contributed by atoms with Crippen molar-refractivity contribution in [2.75, 3.05) is 6.54 Å². The van der Waals surface area contributed by atoms with Crippen LogP contribution in [0.4, 0.5) is 0 Å². The number of hydrogen-bond donors (Lipinski definition) is 0. The van der Waals surface area contributed by atoms with Crippen LogP contribution in [-0.4, -0.2) is 19.3 Å². The van der Waals surface area contributed by atoms with Crippen molar-refractivity contribution in [2.24, 2.45) is 0 Å². The number of aryl methyl sites for hydroxylation is 1. The molecule has 2 aromatic rings. The Kier molecular flexibility index (Phi) is 3.67. The summed E-state index contributed by atoms with van der Waals surface area (Å²) < 4.78 is 27.2. The third-order valence-corrected chi connectivity index (χ3v) is 6.60. The van der Waals surface area contributed by atoms with Gasteiger partial charge in [0.05, 0.1) is 10.9 Å². The fourth-order valence-electron chi connectivity index (χ4n) is 2.64. The van der Waals surface area contributed by atoms with Gasteiger partial charge < -0.3 is 0 Å². The Hall–Kier alpha value is -1.17. The van der Waals surface area contributed by atoms with E-state index in [0.717, 1.165) is 23.3 Å². The molecule has 0 N–H and O–H groups in total. The third kappa shape index (κ3) is 2.41. The van der Waals surface area contributed by atoms with Gasteiger partial charge in [0, 0.05) is 11.4 Å². The van der Waals surface area contributed by atoms with Crippen molar-refractivity contribution >= 4 is 21.4 Å². The van der Waals surface area contributed by atoms with E-state index in [0.29, 0.717) is 11.4 Å². The van der Waals surface area contributed by atoms with E-state index >= 15 is 0 Å². The predicted octanol–water partition coefficient (Wildman–Crippen LogP) is 3.58. The minimum Gasteiger partial charge on any atom is -0.207 e. The molecule has 0 amide bonds. The second-order valence-electron chi connectivity index (χ2n) is 5.10. The Morgan fingerprint density at radius 3 is 2.60 bits per heavy atom. The summed E-state index contributed by atoms with van der Waals surface area (Å²) in [4.78, 5) is 1.53. The largest absolute Gasteiger partial charge is 0.243 e. The van der Waals surface area contributed by atoms with E-state index in [2.05, 4.69) is 0 Å². The van der Waals surface area contributed by atoms with E-state index < -0.39 is 10.0 Å². The van der Waals surface area contributed by atoms with Crippen LogP contribution in [0, 0.1) is 6.92 Å². The lowest BCUT2D eigenvalue weighted by Crippen LogP contribution is -2.30. The van der Waals surface area contributed by atoms with E-state index in [-0.39, 0.29) is 6.04 Å². The molecule has 20 heavy (non-hydrogen) atoms. The van der Waals surface area contributed by atoms with E-state index in [1.165, 1.54) is 0 Å². The molecule has 1 aliphatic heterocycles. The highest BCUT2D eigenvalue weighted by Gasteiger charge is 2.36. The van der Waals surface area contributed by atoms with Crippen LogP contribution in [0.3, 0.4) is 0 Å². The molecule has 1 aromatic carbocycles. The van der Waals surface area contributed by atoms with Gasteiger partial charge in [-0.15, -0.1) is 11.3 Å². The summed E-state index contributed by atoms with van der Waals surface area (Å²) in [6.45, 7) is 2.57. The molecule has 0 spiro atoms. The van der Waals surface area contributed by atoms with Gasteiger partial charge in [-0.25, -0.2) is 8.42 Å². The van der Waals surface area contributed by atoms with Crippen molar-refractivity contribution in [3.63, 3.8) is 0 Å². The second-order valence-corrected chi connectivity index (χ2v) is 7.97. The topological polar surface area (TPSA) is 37.4 Å². The zero-order chi connectivity index (χ0) is 14.2. The van der Waals surface area contributed by atoms with Crippen LogP contribution in [0.2, 0.25) is 0 Å². The summed E-state index contributed by atoms with van der Waals surface area (Å²) in [7, 11) is -3.39. The Balaban J connectivity index is 1.96. The molecular formula is C15H17NO2S2. The van der Waals surface area contributed by atoms with Crippen LogP contribution in [0.1, 0.15) is 29.3 Å². The number of nitrogens with zero attached hydrogens (tertiary/aromatic N) is 1. The minimum atomic E-state index is -3.39. The average Bonchev–Trinajstić information content (AvgIpc) is 3.10. The molecular weight excluding hydrogens is 290 g/mol. The van der Waals surface area contributed by atoms with Gasteiger partial charge in [0.25, 0.3) is 0 Å². The lowest BCUT2D eigenvalue weighted by molar-refractivity contribution is 0.401. The summed E-state index contributed by atoms with van der Waals surface area (Å²) in [5.74, 6) is 0. The molecule has 1 atom stereocenters. The Labute approximate surface area is 123 Å². The fourth-order valence-corrected chi connectivity index (χ4v) is 5.25. The quantitative estimate of drug-likeness (QED) is 0.869. The van der Waals surface area contributed by atoms with Crippen LogP contribution >= 0.6 is 11.3 Å². The Morgan fingerprint density at radius 2 is 1.95 bits per heavy atom. The molecule has 0 bridgehead atoms. The van der Waals surface area contributed by atoms with Gasteiger partial charge in [-0.2, -0.15) is 4.31 Å². The Morgan fingerprint density at radius 1 is 1.20 bits per heavy atom. The van der Waals surface area contributed by atoms with Gasteiger partial charge >= 0.3 is 0 Å². The fraction of sp³-hybridized carbons (Fsp3) is 0.333. The highest BCUT2D eigenvalue weighted by molar-refractivity contribution is 7.89. The maximum atomic E-state index is 12.8. The summed E-state index contributed by atoms with van der Waals surface area (Å²) in [5.41, 5.74) is 1.07. The van der Waals surface area contributed by atoms with E-state index in [1.54, 1.807) is 27.8 Å². The molecule has 1 aromatic heterocycles. The number of hydrogen-bond acceptors (Lipinski definition) is 3. The second kappa shape index (κ2) is 5.31. The zero-order valence-corrected chi connectivity index (χ0v) is 13.0. The van der Waals surface area contributed by atoms with E-state index in [1.807, 2.05) is 36.6 Å². The molecule has 0 radical (unpaired) electrons. The molecule has 3 rings (SSSR count). The Bertz CT molecular complexity index is 675. The van der Waals surface area contributed by atoms with Crippen molar-refractivity contribution in [2.45, 2.75) is 30.7 Å². The van der Waals surface area contributed by atoms with E-state index in [9.17, 15) is 8.42 Å². The first-order chi connectivity index (χ1) is 9.59. The van der Waals surface area contributed by atoms with Crippen molar-refractivity contribution in [3.8, 4) is 0 Å². The molecule has 5 heteroatoms. The monoisotopic (exact) mass is 307 g/mol. The first kappa shape index (κ1) is 13.8. The van der Waals surface area contributed by atoms with Crippen LogP contribution < -0.4 is 0 Å². The minimum absolute atomic E-state index is 0.00121. The molecule has 3 nitrogen and oxygen atoms in total. The molecule has 1 saturated heterocycles. The highest BCUT2D eigenvalue weighted by atomic mass is 32.2. The molecule has 0 saturated carbocycles. The standard InChI is InChI=1S/C15H17NO2S2/c1-12-6-8-13(9-7-12)20(17,18)16-10-2-4-14(16)15-5-3-11-19-15/h3,5-9,11,14H,2,4,10H2,1H3/t14-/m1/s1. The van der Waals surface area contributed by atoms with Crippen LogP contribution in [-0.2, 0) is 10.0 Å². The van der Waals surface area contributed by atoms with Crippen LogP contribution in [0.25, 0.3) is 0 Å².